The summed E-state index contributed by atoms with van der Waals surface area (Å²) in [4.78, 5) is 35.1. The van der Waals surface area contributed by atoms with E-state index in [0.717, 1.165) is 25.7 Å². The van der Waals surface area contributed by atoms with Crippen LogP contribution in [0.15, 0.2) is 24.3 Å². The number of hydrogen-bond acceptors (Lipinski definition) is 4. The van der Waals surface area contributed by atoms with E-state index in [0.29, 0.717) is 11.3 Å². The topological polar surface area (TPSA) is 111 Å². The molecule has 7 nitrogen and oxygen atoms in total. The fraction of sp³-hybridized carbons (Fsp3) is 0.500. The van der Waals surface area contributed by atoms with Crippen molar-refractivity contribution in [3.05, 3.63) is 29.8 Å². The van der Waals surface area contributed by atoms with Gasteiger partial charge in [0.2, 0.25) is 0 Å². The SMILES string of the molecule is C[C@H](OC(=O)c1ccc(NC(N)=O)cc1)C(=O)NC1CCCCCC1. The largest absolute Gasteiger partial charge is 0.449 e. The summed E-state index contributed by atoms with van der Waals surface area (Å²) >= 11 is 0. The molecule has 1 aromatic rings. The molecule has 7 heteroatoms. The van der Waals surface area contributed by atoms with E-state index in [1.54, 1.807) is 6.92 Å². The van der Waals surface area contributed by atoms with Crippen LogP contribution < -0.4 is 16.4 Å². The van der Waals surface area contributed by atoms with Crippen LogP contribution in [0.4, 0.5) is 10.5 Å². The van der Waals surface area contributed by atoms with Crippen molar-refractivity contribution in [3.63, 3.8) is 0 Å². The van der Waals surface area contributed by atoms with Gasteiger partial charge >= 0.3 is 12.0 Å². The van der Waals surface area contributed by atoms with E-state index < -0.39 is 18.1 Å². The zero-order chi connectivity index (χ0) is 18.2. The molecule has 3 amide bonds. The minimum Gasteiger partial charge on any atom is -0.449 e. The van der Waals surface area contributed by atoms with Crippen molar-refractivity contribution < 1.29 is 19.1 Å². The highest BCUT2D eigenvalue weighted by molar-refractivity contribution is 5.93. The molecular weight excluding hydrogens is 322 g/mol. The Morgan fingerprint density at radius 1 is 1.08 bits per heavy atom. The van der Waals surface area contributed by atoms with Crippen molar-refractivity contribution in [1.82, 2.24) is 5.32 Å². The van der Waals surface area contributed by atoms with Crippen molar-refractivity contribution in [2.45, 2.75) is 57.6 Å². The summed E-state index contributed by atoms with van der Waals surface area (Å²) in [6, 6.07) is 5.57. The van der Waals surface area contributed by atoms with E-state index in [-0.39, 0.29) is 11.9 Å². The second kappa shape index (κ2) is 9.05. The summed E-state index contributed by atoms with van der Waals surface area (Å²) in [5.74, 6) is -0.860. The maximum atomic E-state index is 12.2. The fourth-order valence-electron chi connectivity index (χ4n) is 2.86. The number of benzene rings is 1. The van der Waals surface area contributed by atoms with E-state index >= 15 is 0 Å². The molecule has 0 aromatic heterocycles. The molecule has 0 saturated heterocycles. The van der Waals surface area contributed by atoms with Gasteiger partial charge in [0.05, 0.1) is 5.56 Å². The molecule has 4 N–H and O–H groups in total. The lowest BCUT2D eigenvalue weighted by Crippen LogP contribution is -2.41. The zero-order valence-corrected chi connectivity index (χ0v) is 14.4. The molecule has 0 bridgehead atoms. The smallest absolute Gasteiger partial charge is 0.338 e. The number of ether oxygens (including phenoxy) is 1. The minimum absolute atomic E-state index is 0.162. The lowest BCUT2D eigenvalue weighted by molar-refractivity contribution is -0.129. The third-order valence-electron chi connectivity index (χ3n) is 4.24. The van der Waals surface area contributed by atoms with Crippen LogP contribution in [-0.4, -0.2) is 30.1 Å². The number of nitrogens with two attached hydrogens (primary N) is 1. The highest BCUT2D eigenvalue weighted by atomic mass is 16.5. The highest BCUT2D eigenvalue weighted by Gasteiger charge is 2.22. The number of primary amides is 1. The Hall–Kier alpha value is -2.57. The number of nitrogens with one attached hydrogen (secondary N) is 2. The molecular formula is C18H25N3O4. The van der Waals surface area contributed by atoms with Gasteiger partial charge in [0.25, 0.3) is 5.91 Å². The Morgan fingerprint density at radius 3 is 2.24 bits per heavy atom. The van der Waals surface area contributed by atoms with Gasteiger partial charge in [-0.3, -0.25) is 4.79 Å². The lowest BCUT2D eigenvalue weighted by Gasteiger charge is -2.19. The summed E-state index contributed by atoms with van der Waals surface area (Å²) in [5.41, 5.74) is 5.79. The normalized spacial score (nSPS) is 16.4. The molecule has 1 saturated carbocycles. The van der Waals surface area contributed by atoms with Crippen LogP contribution in [-0.2, 0) is 9.53 Å². The van der Waals surface area contributed by atoms with Gasteiger partial charge in [-0.2, -0.15) is 0 Å². The molecule has 0 heterocycles. The van der Waals surface area contributed by atoms with Gasteiger partial charge in [-0.05, 0) is 44.0 Å². The Kier molecular flexibility index (Phi) is 6.80. The molecule has 2 rings (SSSR count). The molecule has 1 aliphatic carbocycles. The van der Waals surface area contributed by atoms with Gasteiger partial charge < -0.3 is 21.1 Å². The minimum atomic E-state index is -0.862. The average Bonchev–Trinajstić information content (AvgIpc) is 2.83. The highest BCUT2D eigenvalue weighted by Crippen LogP contribution is 2.17. The Morgan fingerprint density at radius 2 is 1.68 bits per heavy atom. The summed E-state index contributed by atoms with van der Waals surface area (Å²) in [5, 5.41) is 5.37. The first kappa shape index (κ1) is 18.8. The van der Waals surface area contributed by atoms with Crippen LogP contribution in [0.1, 0.15) is 55.8 Å². The molecule has 0 spiro atoms. The maximum absolute atomic E-state index is 12.2. The molecule has 25 heavy (non-hydrogen) atoms. The average molecular weight is 347 g/mol. The molecule has 0 unspecified atom stereocenters. The second-order valence-corrected chi connectivity index (χ2v) is 6.31. The Bertz CT molecular complexity index is 607. The lowest BCUT2D eigenvalue weighted by atomic mass is 10.1. The van der Waals surface area contributed by atoms with Crippen LogP contribution in [0.2, 0.25) is 0 Å². The number of urea groups is 1. The van der Waals surface area contributed by atoms with E-state index in [4.69, 9.17) is 10.5 Å². The van der Waals surface area contributed by atoms with E-state index in [1.807, 2.05) is 0 Å². The predicted octanol–water partition coefficient (Wildman–Crippen LogP) is 2.56. The number of amides is 3. The second-order valence-electron chi connectivity index (χ2n) is 6.31. The third-order valence-corrected chi connectivity index (χ3v) is 4.24. The number of rotatable bonds is 5. The number of anilines is 1. The molecule has 1 atom stereocenters. The first-order valence-electron chi connectivity index (χ1n) is 8.63. The van der Waals surface area contributed by atoms with Gasteiger partial charge in [-0.25, -0.2) is 9.59 Å². The van der Waals surface area contributed by atoms with Crippen molar-refractivity contribution >= 4 is 23.6 Å². The Balaban J connectivity index is 1.85. The monoisotopic (exact) mass is 347 g/mol. The first-order valence-corrected chi connectivity index (χ1v) is 8.63. The molecule has 136 valence electrons. The third kappa shape index (κ3) is 6.10. The van der Waals surface area contributed by atoms with Crippen LogP contribution in [0.5, 0.6) is 0 Å². The number of hydrogen-bond donors (Lipinski definition) is 3. The number of carbonyl (C=O) groups excluding carboxylic acids is 3. The van der Waals surface area contributed by atoms with Gasteiger partial charge in [0.15, 0.2) is 6.10 Å². The van der Waals surface area contributed by atoms with E-state index in [1.165, 1.54) is 37.1 Å². The van der Waals surface area contributed by atoms with E-state index in [9.17, 15) is 14.4 Å². The van der Waals surface area contributed by atoms with Crippen LogP contribution in [0.25, 0.3) is 0 Å². The quantitative estimate of drug-likeness (QED) is 0.561. The maximum Gasteiger partial charge on any atom is 0.338 e. The van der Waals surface area contributed by atoms with Crippen LogP contribution >= 0.6 is 0 Å². The predicted molar refractivity (Wildman–Crippen MR) is 94.2 cm³/mol. The van der Waals surface area contributed by atoms with Crippen molar-refractivity contribution in [1.29, 1.82) is 0 Å². The fourth-order valence-corrected chi connectivity index (χ4v) is 2.86. The van der Waals surface area contributed by atoms with Crippen molar-refractivity contribution in [3.8, 4) is 0 Å². The van der Waals surface area contributed by atoms with E-state index in [2.05, 4.69) is 10.6 Å². The van der Waals surface area contributed by atoms with Crippen molar-refractivity contribution in [2.24, 2.45) is 5.73 Å². The molecule has 1 aromatic carbocycles. The summed E-state index contributed by atoms with van der Waals surface area (Å²) in [7, 11) is 0. The molecule has 0 aliphatic heterocycles. The summed E-state index contributed by atoms with van der Waals surface area (Å²) < 4.78 is 5.23. The van der Waals surface area contributed by atoms with Gasteiger partial charge in [0, 0.05) is 11.7 Å². The molecule has 1 fully saturated rings. The zero-order valence-electron chi connectivity index (χ0n) is 14.4. The standard InChI is InChI=1S/C18H25N3O4/c1-12(16(22)20-14-6-4-2-3-5-7-14)25-17(23)13-8-10-15(11-9-13)21-18(19)24/h8-12,14H,2-7H2,1H3,(H,20,22)(H3,19,21,24)/t12-/m0/s1. The van der Waals surface area contributed by atoms with Gasteiger partial charge in [0.1, 0.15) is 0 Å². The van der Waals surface area contributed by atoms with Crippen LogP contribution in [0.3, 0.4) is 0 Å². The number of carbonyl (C=O) groups is 3. The first-order chi connectivity index (χ1) is 12.0. The van der Waals surface area contributed by atoms with Crippen molar-refractivity contribution in [2.75, 3.05) is 5.32 Å². The Labute approximate surface area is 147 Å². The molecule has 0 radical (unpaired) electrons. The van der Waals surface area contributed by atoms with Gasteiger partial charge in [-0.1, -0.05) is 25.7 Å². The van der Waals surface area contributed by atoms with Crippen LogP contribution in [0, 0.1) is 0 Å². The summed E-state index contributed by atoms with van der Waals surface area (Å²) in [6.45, 7) is 1.56. The summed E-state index contributed by atoms with van der Waals surface area (Å²) in [6.07, 6.45) is 5.73. The molecule has 1 aliphatic rings. The van der Waals surface area contributed by atoms with Gasteiger partial charge in [-0.15, -0.1) is 0 Å². The number of esters is 1.